The second kappa shape index (κ2) is 8.57. The zero-order valence-electron chi connectivity index (χ0n) is 18.0. The molecule has 31 heavy (non-hydrogen) atoms. The third kappa shape index (κ3) is 4.44. The zero-order chi connectivity index (χ0) is 22.2. The van der Waals surface area contributed by atoms with Crippen molar-refractivity contribution in [2.45, 2.75) is 45.6 Å². The van der Waals surface area contributed by atoms with Crippen molar-refractivity contribution >= 4 is 32.6 Å². The SMILES string of the molecule is CCN(C(=O)COC(=O)c1c2c(nc3ccccc13)CC[C@@H](C)C2)[C@@H]1CCS(=O)(=O)C1. The number of carbonyl (C=O) groups excluding carboxylic acids is 2. The maximum Gasteiger partial charge on any atom is 0.339 e. The Hall–Kier alpha value is -2.48. The lowest BCUT2D eigenvalue weighted by molar-refractivity contribution is -0.136. The van der Waals surface area contributed by atoms with E-state index in [2.05, 4.69) is 6.92 Å². The van der Waals surface area contributed by atoms with E-state index in [4.69, 9.17) is 9.72 Å². The summed E-state index contributed by atoms with van der Waals surface area (Å²) in [6.45, 7) is 3.94. The van der Waals surface area contributed by atoms with Gasteiger partial charge in [-0.25, -0.2) is 13.2 Å². The van der Waals surface area contributed by atoms with E-state index in [-0.39, 0.29) is 23.5 Å². The first-order valence-corrected chi connectivity index (χ1v) is 12.7. The van der Waals surface area contributed by atoms with Gasteiger partial charge in [-0.1, -0.05) is 25.1 Å². The molecule has 0 saturated carbocycles. The van der Waals surface area contributed by atoms with Crippen LogP contribution < -0.4 is 0 Å². The summed E-state index contributed by atoms with van der Waals surface area (Å²) in [6, 6.07) is 7.15. The van der Waals surface area contributed by atoms with Crippen molar-refractivity contribution in [3.63, 3.8) is 0 Å². The van der Waals surface area contributed by atoms with Crippen molar-refractivity contribution in [3.8, 4) is 0 Å². The molecule has 166 valence electrons. The van der Waals surface area contributed by atoms with Crippen LogP contribution >= 0.6 is 0 Å². The highest BCUT2D eigenvalue weighted by Crippen LogP contribution is 2.32. The molecule has 1 aromatic heterocycles. The molecule has 2 aliphatic rings. The minimum atomic E-state index is -3.11. The Labute approximate surface area is 182 Å². The summed E-state index contributed by atoms with van der Waals surface area (Å²) in [7, 11) is -3.11. The van der Waals surface area contributed by atoms with Gasteiger partial charge in [0.25, 0.3) is 5.91 Å². The first-order chi connectivity index (χ1) is 14.8. The van der Waals surface area contributed by atoms with Crippen LogP contribution in [0.5, 0.6) is 0 Å². The number of fused-ring (bicyclic) bond motifs is 2. The quantitative estimate of drug-likeness (QED) is 0.658. The molecule has 2 heterocycles. The average molecular weight is 445 g/mol. The van der Waals surface area contributed by atoms with E-state index < -0.39 is 22.4 Å². The van der Waals surface area contributed by atoms with Gasteiger partial charge in [0.05, 0.1) is 22.6 Å². The molecular formula is C23H28N2O5S. The Bertz CT molecular complexity index is 1130. The number of amides is 1. The van der Waals surface area contributed by atoms with Gasteiger partial charge in [-0.05, 0) is 50.2 Å². The number of para-hydroxylation sites is 1. The highest BCUT2D eigenvalue weighted by molar-refractivity contribution is 7.91. The fourth-order valence-corrected chi connectivity index (χ4v) is 6.47. The van der Waals surface area contributed by atoms with Gasteiger partial charge in [0, 0.05) is 23.7 Å². The van der Waals surface area contributed by atoms with Crippen molar-refractivity contribution in [1.29, 1.82) is 0 Å². The van der Waals surface area contributed by atoms with Gasteiger partial charge in [0.2, 0.25) is 0 Å². The van der Waals surface area contributed by atoms with Crippen LogP contribution in [0.2, 0.25) is 0 Å². The number of sulfone groups is 1. The van der Waals surface area contributed by atoms with E-state index in [0.717, 1.165) is 41.4 Å². The Balaban J connectivity index is 1.56. The van der Waals surface area contributed by atoms with Crippen LogP contribution in [0.1, 0.15) is 48.3 Å². The summed E-state index contributed by atoms with van der Waals surface area (Å²) in [5.41, 5.74) is 3.11. The number of aromatic nitrogens is 1. The first-order valence-electron chi connectivity index (χ1n) is 10.9. The topological polar surface area (TPSA) is 93.6 Å². The van der Waals surface area contributed by atoms with Crippen molar-refractivity contribution < 1.29 is 22.7 Å². The molecule has 1 aromatic carbocycles. The van der Waals surface area contributed by atoms with Crippen LogP contribution in [0.3, 0.4) is 0 Å². The van der Waals surface area contributed by atoms with E-state index >= 15 is 0 Å². The highest BCUT2D eigenvalue weighted by atomic mass is 32.2. The maximum atomic E-state index is 13.2. The van der Waals surface area contributed by atoms with Crippen molar-refractivity contribution in [2.75, 3.05) is 24.7 Å². The standard InChI is InChI=1S/C23H28N2O5S/c1-3-25(16-10-11-31(28,29)14-16)21(26)13-30-23(27)22-17-6-4-5-7-19(17)24-20-9-8-15(2)12-18(20)22/h4-7,15-16H,3,8-14H2,1-2H3/t15-,16-/m1/s1. The van der Waals surface area contributed by atoms with Gasteiger partial charge < -0.3 is 9.64 Å². The van der Waals surface area contributed by atoms with E-state index in [9.17, 15) is 18.0 Å². The molecule has 1 amide bonds. The maximum absolute atomic E-state index is 13.2. The number of pyridine rings is 1. The summed E-state index contributed by atoms with van der Waals surface area (Å²) < 4.78 is 29.1. The van der Waals surface area contributed by atoms with Gasteiger partial charge in [-0.3, -0.25) is 9.78 Å². The number of carbonyl (C=O) groups is 2. The van der Waals surface area contributed by atoms with Gasteiger partial charge >= 0.3 is 5.97 Å². The van der Waals surface area contributed by atoms with Crippen LogP contribution in [0.15, 0.2) is 24.3 Å². The summed E-state index contributed by atoms with van der Waals surface area (Å²) in [5, 5.41) is 0.738. The third-order valence-electron chi connectivity index (χ3n) is 6.35. The Kier molecular flexibility index (Phi) is 6.01. The van der Waals surface area contributed by atoms with Gasteiger partial charge in [0.1, 0.15) is 0 Å². The molecule has 1 saturated heterocycles. The molecule has 8 heteroatoms. The summed E-state index contributed by atoms with van der Waals surface area (Å²) in [5.74, 6) is -0.371. The molecule has 0 radical (unpaired) electrons. The van der Waals surface area contributed by atoms with E-state index in [1.54, 1.807) is 6.92 Å². The molecule has 0 bridgehead atoms. The fraction of sp³-hybridized carbons (Fsp3) is 0.522. The second-order valence-corrected chi connectivity index (χ2v) is 10.8. The molecule has 1 aliphatic heterocycles. The normalized spacial score (nSPS) is 22.1. The smallest absolute Gasteiger partial charge is 0.339 e. The van der Waals surface area contributed by atoms with Gasteiger partial charge in [-0.2, -0.15) is 0 Å². The molecule has 2 atom stereocenters. The number of likely N-dealkylation sites (N-methyl/N-ethyl adjacent to an activating group) is 1. The molecule has 1 aliphatic carbocycles. The predicted molar refractivity (Wildman–Crippen MR) is 118 cm³/mol. The Morgan fingerprint density at radius 2 is 2.00 bits per heavy atom. The van der Waals surface area contributed by atoms with Crippen molar-refractivity contribution in [1.82, 2.24) is 9.88 Å². The largest absolute Gasteiger partial charge is 0.452 e. The summed E-state index contributed by atoms with van der Waals surface area (Å²) >= 11 is 0. The van der Waals surface area contributed by atoms with Gasteiger partial charge in [-0.15, -0.1) is 0 Å². The second-order valence-electron chi connectivity index (χ2n) is 8.59. The minimum absolute atomic E-state index is 0.0269. The molecule has 0 N–H and O–H groups in total. The Morgan fingerprint density at radius 3 is 2.71 bits per heavy atom. The van der Waals surface area contributed by atoms with Gasteiger partial charge in [0.15, 0.2) is 16.4 Å². The van der Waals surface area contributed by atoms with Crippen LogP contribution in [-0.4, -0.2) is 60.9 Å². The molecular weight excluding hydrogens is 416 g/mol. The van der Waals surface area contributed by atoms with E-state index in [1.807, 2.05) is 24.3 Å². The van der Waals surface area contributed by atoms with E-state index in [1.165, 1.54) is 4.90 Å². The number of benzene rings is 1. The highest BCUT2D eigenvalue weighted by Gasteiger charge is 2.34. The molecule has 0 unspecified atom stereocenters. The molecule has 0 spiro atoms. The lowest BCUT2D eigenvalue weighted by Gasteiger charge is -2.27. The Morgan fingerprint density at radius 1 is 1.23 bits per heavy atom. The molecule has 1 fully saturated rings. The lowest BCUT2D eigenvalue weighted by atomic mass is 9.84. The molecule has 2 aromatic rings. The number of hydrogen-bond acceptors (Lipinski definition) is 6. The van der Waals surface area contributed by atoms with Crippen LogP contribution in [-0.2, 0) is 32.2 Å². The molecule has 4 rings (SSSR count). The minimum Gasteiger partial charge on any atom is -0.452 e. The molecule has 7 nitrogen and oxygen atoms in total. The van der Waals surface area contributed by atoms with Crippen molar-refractivity contribution in [2.24, 2.45) is 5.92 Å². The van der Waals surface area contributed by atoms with Crippen LogP contribution in [0, 0.1) is 5.92 Å². The third-order valence-corrected chi connectivity index (χ3v) is 8.10. The van der Waals surface area contributed by atoms with E-state index in [0.29, 0.717) is 24.4 Å². The monoisotopic (exact) mass is 444 g/mol. The first kappa shape index (κ1) is 21.7. The van der Waals surface area contributed by atoms with Crippen LogP contribution in [0.4, 0.5) is 0 Å². The van der Waals surface area contributed by atoms with Crippen LogP contribution in [0.25, 0.3) is 10.9 Å². The predicted octanol–water partition coefficient (Wildman–Crippen LogP) is 2.55. The number of ether oxygens (including phenoxy) is 1. The number of nitrogens with zero attached hydrogens (tertiary/aromatic N) is 2. The fourth-order valence-electron chi connectivity index (χ4n) is 4.74. The number of hydrogen-bond donors (Lipinski definition) is 0. The number of rotatable bonds is 5. The van der Waals surface area contributed by atoms with Crippen molar-refractivity contribution in [3.05, 3.63) is 41.1 Å². The lowest BCUT2D eigenvalue weighted by Crippen LogP contribution is -2.43. The zero-order valence-corrected chi connectivity index (χ0v) is 18.8. The number of esters is 1. The number of aryl methyl sites for hydroxylation is 1. The average Bonchev–Trinajstić information content (AvgIpc) is 3.10. The summed E-state index contributed by atoms with van der Waals surface area (Å²) in [6.07, 6.45) is 3.03. The summed E-state index contributed by atoms with van der Waals surface area (Å²) in [4.78, 5) is 32.2.